The van der Waals surface area contributed by atoms with Crippen LogP contribution in [0.1, 0.15) is 66.7 Å². The minimum Gasteiger partial charge on any atom is -0.348 e. The number of alkyl halides is 3. The first-order chi connectivity index (χ1) is 11.9. The number of rotatable bonds is 2. The lowest BCUT2D eigenvalue weighted by Gasteiger charge is -2.21. The molecule has 3 rings (SSSR count). The molecule has 2 heterocycles. The molecule has 0 radical (unpaired) electrons. The van der Waals surface area contributed by atoms with Crippen LogP contribution in [0.25, 0.3) is 5.65 Å². The molecule has 1 amide bonds. The molecule has 1 saturated carbocycles. The summed E-state index contributed by atoms with van der Waals surface area (Å²) in [6.07, 6.45) is 4.00. The van der Waals surface area contributed by atoms with E-state index in [1.165, 1.54) is 16.9 Å². The van der Waals surface area contributed by atoms with Crippen LogP contribution in [0.2, 0.25) is 0 Å². The maximum atomic E-state index is 13.0. The van der Waals surface area contributed by atoms with Crippen molar-refractivity contribution in [3.05, 3.63) is 35.3 Å². The van der Waals surface area contributed by atoms with Crippen LogP contribution in [-0.4, -0.2) is 21.3 Å². The highest BCUT2D eigenvalue weighted by atomic mass is 19.4. The van der Waals surface area contributed by atoms with Gasteiger partial charge in [0, 0.05) is 12.2 Å². The number of hydrogen-bond acceptors (Lipinski definition) is 2. The van der Waals surface area contributed by atoms with Gasteiger partial charge in [0.2, 0.25) is 0 Å². The standard InChI is InChI=1S/C18H22F3N3O/c1-12-16(17(25)23-14-7-5-3-2-4-6-8-14)24-11-13(18(19,20)21)9-10-15(24)22-12/h9-11,14H,2-8H2,1H3,(H,23,25). The fourth-order valence-corrected chi connectivity index (χ4v) is 3.46. The van der Waals surface area contributed by atoms with Gasteiger partial charge in [-0.3, -0.25) is 9.20 Å². The molecule has 4 nitrogen and oxygen atoms in total. The first-order valence-electron chi connectivity index (χ1n) is 8.73. The number of halogens is 3. The Balaban J connectivity index is 1.88. The van der Waals surface area contributed by atoms with Crippen LogP contribution in [0.15, 0.2) is 18.3 Å². The molecule has 1 aliphatic carbocycles. The van der Waals surface area contributed by atoms with Gasteiger partial charge < -0.3 is 5.32 Å². The summed E-state index contributed by atoms with van der Waals surface area (Å²) in [5.74, 6) is -0.352. The SMILES string of the molecule is Cc1nc2ccc(C(F)(F)F)cn2c1C(=O)NC1CCCCCCC1. The highest BCUT2D eigenvalue weighted by molar-refractivity contribution is 5.94. The van der Waals surface area contributed by atoms with Crippen molar-refractivity contribution in [1.29, 1.82) is 0 Å². The van der Waals surface area contributed by atoms with E-state index in [0.29, 0.717) is 11.3 Å². The largest absolute Gasteiger partial charge is 0.417 e. The number of carbonyl (C=O) groups is 1. The van der Waals surface area contributed by atoms with E-state index < -0.39 is 11.7 Å². The second kappa shape index (κ2) is 7.06. The van der Waals surface area contributed by atoms with Crippen LogP contribution >= 0.6 is 0 Å². The summed E-state index contributed by atoms with van der Waals surface area (Å²) in [5.41, 5.74) is 0.163. The van der Waals surface area contributed by atoms with Gasteiger partial charge in [-0.05, 0) is 31.9 Å². The summed E-state index contributed by atoms with van der Waals surface area (Å²) in [4.78, 5) is 16.9. The zero-order valence-electron chi connectivity index (χ0n) is 14.2. The third kappa shape index (κ3) is 3.96. The van der Waals surface area contributed by atoms with E-state index in [0.717, 1.165) is 50.8 Å². The van der Waals surface area contributed by atoms with Crippen molar-refractivity contribution in [2.75, 3.05) is 0 Å². The molecule has 2 aromatic rings. The van der Waals surface area contributed by atoms with Gasteiger partial charge in [-0.1, -0.05) is 32.1 Å². The minimum atomic E-state index is -4.46. The van der Waals surface area contributed by atoms with Gasteiger partial charge >= 0.3 is 6.18 Å². The highest BCUT2D eigenvalue weighted by Crippen LogP contribution is 2.30. The smallest absolute Gasteiger partial charge is 0.348 e. The number of amides is 1. The van der Waals surface area contributed by atoms with Crippen molar-refractivity contribution in [2.24, 2.45) is 0 Å². The number of fused-ring (bicyclic) bond motifs is 1. The second-order valence-electron chi connectivity index (χ2n) is 6.71. The molecule has 0 atom stereocenters. The Labute approximate surface area is 144 Å². The Morgan fingerprint density at radius 1 is 1.16 bits per heavy atom. The number of pyridine rings is 1. The normalized spacial score (nSPS) is 17.3. The zero-order chi connectivity index (χ0) is 18.0. The maximum absolute atomic E-state index is 13.0. The highest BCUT2D eigenvalue weighted by Gasteiger charge is 2.31. The molecule has 1 N–H and O–H groups in total. The van der Waals surface area contributed by atoms with E-state index in [9.17, 15) is 18.0 Å². The lowest BCUT2D eigenvalue weighted by atomic mass is 9.96. The van der Waals surface area contributed by atoms with Gasteiger partial charge in [-0.25, -0.2) is 4.98 Å². The fraction of sp³-hybridized carbons (Fsp3) is 0.556. The summed E-state index contributed by atoms with van der Waals surface area (Å²) < 4.78 is 40.2. The Bertz CT molecular complexity index is 759. The molecule has 136 valence electrons. The number of aromatic nitrogens is 2. The molecular formula is C18H22F3N3O. The zero-order valence-corrected chi connectivity index (χ0v) is 14.2. The summed E-state index contributed by atoms with van der Waals surface area (Å²) in [6.45, 7) is 1.65. The molecule has 0 spiro atoms. The number of nitrogens with one attached hydrogen (secondary N) is 1. The van der Waals surface area contributed by atoms with Crippen molar-refractivity contribution in [2.45, 2.75) is 64.1 Å². The average Bonchev–Trinajstić information content (AvgIpc) is 2.83. The molecule has 1 aliphatic rings. The van der Waals surface area contributed by atoms with E-state index in [1.54, 1.807) is 6.92 Å². The summed E-state index contributed by atoms with van der Waals surface area (Å²) in [7, 11) is 0. The summed E-state index contributed by atoms with van der Waals surface area (Å²) in [5, 5.41) is 3.00. The Kier molecular flexibility index (Phi) is 5.01. The molecule has 1 fully saturated rings. The Hall–Kier alpha value is -2.05. The molecule has 0 aromatic carbocycles. The van der Waals surface area contributed by atoms with Crippen molar-refractivity contribution < 1.29 is 18.0 Å². The van der Waals surface area contributed by atoms with E-state index in [4.69, 9.17) is 0 Å². The molecule has 25 heavy (non-hydrogen) atoms. The van der Waals surface area contributed by atoms with Crippen LogP contribution in [0.4, 0.5) is 13.2 Å². The molecule has 7 heteroatoms. The fourth-order valence-electron chi connectivity index (χ4n) is 3.46. The summed E-state index contributed by atoms with van der Waals surface area (Å²) in [6, 6.07) is 2.35. The molecular weight excluding hydrogens is 331 g/mol. The number of imidazole rings is 1. The Morgan fingerprint density at radius 3 is 2.44 bits per heavy atom. The number of carbonyl (C=O) groups excluding carboxylic acids is 1. The van der Waals surface area contributed by atoms with Crippen LogP contribution in [0.5, 0.6) is 0 Å². The van der Waals surface area contributed by atoms with Gasteiger partial charge in [0.25, 0.3) is 5.91 Å². The van der Waals surface area contributed by atoms with Gasteiger partial charge in [0.05, 0.1) is 11.3 Å². The van der Waals surface area contributed by atoms with E-state index in [2.05, 4.69) is 10.3 Å². The maximum Gasteiger partial charge on any atom is 0.417 e. The van der Waals surface area contributed by atoms with Crippen LogP contribution in [-0.2, 0) is 6.18 Å². The van der Waals surface area contributed by atoms with E-state index in [-0.39, 0.29) is 17.6 Å². The first-order valence-corrected chi connectivity index (χ1v) is 8.73. The molecule has 0 saturated heterocycles. The monoisotopic (exact) mass is 353 g/mol. The van der Waals surface area contributed by atoms with Crippen molar-refractivity contribution in [1.82, 2.24) is 14.7 Å². The summed E-state index contributed by atoms with van der Waals surface area (Å²) >= 11 is 0. The number of aryl methyl sites for hydroxylation is 1. The average molecular weight is 353 g/mol. The molecule has 2 aromatic heterocycles. The van der Waals surface area contributed by atoms with Gasteiger partial charge in [0.1, 0.15) is 11.3 Å². The van der Waals surface area contributed by atoms with Crippen LogP contribution in [0, 0.1) is 6.92 Å². The molecule has 0 bridgehead atoms. The predicted molar refractivity (Wildman–Crippen MR) is 88.5 cm³/mol. The third-order valence-corrected chi connectivity index (χ3v) is 4.78. The quantitative estimate of drug-likeness (QED) is 0.864. The van der Waals surface area contributed by atoms with Crippen LogP contribution < -0.4 is 5.32 Å². The minimum absolute atomic E-state index is 0.0727. The van der Waals surface area contributed by atoms with E-state index >= 15 is 0 Å². The van der Waals surface area contributed by atoms with Crippen LogP contribution in [0.3, 0.4) is 0 Å². The van der Waals surface area contributed by atoms with Crippen molar-refractivity contribution in [3.8, 4) is 0 Å². The first kappa shape index (κ1) is 17.8. The number of nitrogens with zero attached hydrogens (tertiary/aromatic N) is 2. The third-order valence-electron chi connectivity index (χ3n) is 4.78. The Morgan fingerprint density at radius 2 is 1.80 bits per heavy atom. The second-order valence-corrected chi connectivity index (χ2v) is 6.71. The van der Waals surface area contributed by atoms with Crippen molar-refractivity contribution in [3.63, 3.8) is 0 Å². The molecule has 0 aliphatic heterocycles. The van der Waals surface area contributed by atoms with Gasteiger partial charge in [-0.15, -0.1) is 0 Å². The number of hydrogen-bond donors (Lipinski definition) is 1. The van der Waals surface area contributed by atoms with E-state index in [1.807, 2.05) is 0 Å². The predicted octanol–water partition coefficient (Wildman–Crippen LogP) is 4.50. The van der Waals surface area contributed by atoms with Crippen molar-refractivity contribution >= 4 is 11.6 Å². The lowest BCUT2D eigenvalue weighted by molar-refractivity contribution is -0.137. The van der Waals surface area contributed by atoms with Gasteiger partial charge in [0.15, 0.2) is 0 Å². The topological polar surface area (TPSA) is 46.4 Å². The molecule has 0 unspecified atom stereocenters. The van der Waals surface area contributed by atoms with Gasteiger partial charge in [-0.2, -0.15) is 13.2 Å². The lowest BCUT2D eigenvalue weighted by Crippen LogP contribution is -2.36.